The highest BCUT2D eigenvalue weighted by molar-refractivity contribution is 9.11. The molecule has 1 atom stereocenters. The van der Waals surface area contributed by atoms with E-state index >= 15 is 0 Å². The van der Waals surface area contributed by atoms with Crippen LogP contribution in [0.4, 0.5) is 0 Å². The van der Waals surface area contributed by atoms with Crippen molar-refractivity contribution in [3.8, 4) is 22.3 Å². The maximum Gasteiger partial charge on any atom is 0.0295 e. The fraction of sp³-hybridized carbons (Fsp3) is 0.0476. The summed E-state index contributed by atoms with van der Waals surface area (Å²) in [6.07, 6.45) is 2.26. The lowest BCUT2D eigenvalue weighted by Crippen LogP contribution is -2.17. The molecule has 16 aromatic carbocycles. The van der Waals surface area contributed by atoms with E-state index in [-0.39, 0.29) is 5.92 Å². The van der Waals surface area contributed by atoms with Crippen LogP contribution >= 0.6 is 47.8 Å². The van der Waals surface area contributed by atoms with Crippen LogP contribution < -0.4 is 10.4 Å². The van der Waals surface area contributed by atoms with Gasteiger partial charge in [-0.15, -0.1) is 0 Å². The molecule has 0 bridgehead atoms. The first-order valence-electron chi connectivity index (χ1n) is 30.2. The van der Waals surface area contributed by atoms with Crippen molar-refractivity contribution in [2.24, 2.45) is 0 Å². The van der Waals surface area contributed by atoms with E-state index < -0.39 is 0 Å². The topological polar surface area (TPSA) is 0 Å². The predicted octanol–water partition coefficient (Wildman–Crippen LogP) is 22.2. The third kappa shape index (κ3) is 6.99. The molecule has 16 aromatic rings. The molecule has 3 aliphatic rings. The predicted molar refractivity (Wildman–Crippen MR) is 379 cm³/mol. The van der Waals surface area contributed by atoms with Gasteiger partial charge in [-0.2, -0.15) is 0 Å². The Kier molecular flexibility index (Phi) is 11.0. The minimum absolute atomic E-state index is 0.0129. The zero-order valence-electron chi connectivity index (χ0n) is 47.1. The number of benzene rings is 16. The summed E-state index contributed by atoms with van der Waals surface area (Å²) in [5.41, 5.74) is 17.6. The summed E-state index contributed by atoms with van der Waals surface area (Å²) >= 11 is 13.2. The summed E-state index contributed by atoms with van der Waals surface area (Å²) in [7, 11) is 0. The van der Waals surface area contributed by atoms with Crippen LogP contribution in [-0.4, -0.2) is 0 Å². The van der Waals surface area contributed by atoms with Crippen LogP contribution in [0.25, 0.3) is 130 Å². The normalized spacial score (nSPS) is 13.9. The number of hydrogen-bond acceptors (Lipinski definition) is 0. The highest BCUT2D eigenvalue weighted by Crippen LogP contribution is 2.55. The van der Waals surface area contributed by atoms with E-state index in [1.54, 1.807) is 0 Å². The van der Waals surface area contributed by atoms with Crippen LogP contribution in [0.1, 0.15) is 44.9 Å². The molecule has 0 spiro atoms. The fourth-order valence-electron chi connectivity index (χ4n) is 16.6. The molecular weight excluding hydrogens is 1250 g/mol. The van der Waals surface area contributed by atoms with Gasteiger partial charge in [-0.05, 0) is 244 Å². The van der Waals surface area contributed by atoms with Gasteiger partial charge in [0, 0.05) is 32.2 Å². The molecule has 406 valence electrons. The lowest BCUT2D eigenvalue weighted by atomic mass is 9.81. The molecular formula is C84H49Br3. The number of rotatable bonds is 6. The number of hydrogen-bond donors (Lipinski definition) is 0. The first-order valence-corrected chi connectivity index (χ1v) is 32.6. The molecule has 0 fully saturated rings. The van der Waals surface area contributed by atoms with Crippen LogP contribution in [0.5, 0.6) is 0 Å². The van der Waals surface area contributed by atoms with Crippen molar-refractivity contribution in [2.45, 2.75) is 25.2 Å². The lowest BCUT2D eigenvalue weighted by molar-refractivity contribution is 0.824. The smallest absolute Gasteiger partial charge is 0.0295 e. The minimum atomic E-state index is 0.0129. The molecule has 3 heteroatoms. The van der Waals surface area contributed by atoms with Gasteiger partial charge in [0.1, 0.15) is 0 Å². The SMILES string of the molecule is Brc1c(CC2=c3c(c4c(c5c3-c3ccccc3[C@H]5Cc3c(Br)c5ccccc5c5c3ccc3ccccc35)=c3ccccc3=C4Cc3c(Br)c4ccccc4c4c3ccc3ccccc34)-c3ccccc32)c2ccc3ccccc3c2c2ccccc12. The highest BCUT2D eigenvalue weighted by Gasteiger charge is 2.40. The van der Waals surface area contributed by atoms with Gasteiger partial charge < -0.3 is 0 Å². The average molecular weight is 1300 g/mol. The summed E-state index contributed by atoms with van der Waals surface area (Å²) in [6.45, 7) is 0. The molecule has 0 saturated heterocycles. The van der Waals surface area contributed by atoms with Gasteiger partial charge in [0.25, 0.3) is 0 Å². The largest absolute Gasteiger partial charge is 0.0619 e. The Morgan fingerprint density at radius 3 is 1.18 bits per heavy atom. The molecule has 87 heavy (non-hydrogen) atoms. The molecule has 0 nitrogen and oxygen atoms in total. The molecule has 0 heterocycles. The van der Waals surface area contributed by atoms with E-state index in [9.17, 15) is 0 Å². The van der Waals surface area contributed by atoms with Crippen LogP contribution in [0, 0.1) is 10.4 Å². The van der Waals surface area contributed by atoms with E-state index in [1.807, 2.05) is 0 Å². The summed E-state index contributed by atoms with van der Waals surface area (Å²) < 4.78 is 3.50. The quantitative estimate of drug-likeness (QED) is 0.146. The molecule has 3 aliphatic carbocycles. The molecule has 0 amide bonds. The second kappa shape index (κ2) is 19.0. The summed E-state index contributed by atoms with van der Waals surface area (Å²) in [5.74, 6) is 0.0129. The van der Waals surface area contributed by atoms with Gasteiger partial charge in [0.05, 0.1) is 0 Å². The molecule has 0 aromatic heterocycles. The Labute approximate surface area is 527 Å². The zero-order valence-corrected chi connectivity index (χ0v) is 51.8. The van der Waals surface area contributed by atoms with Crippen molar-refractivity contribution >= 4 is 156 Å². The Morgan fingerprint density at radius 1 is 0.264 bits per heavy atom. The van der Waals surface area contributed by atoms with Crippen LogP contribution in [0.15, 0.2) is 268 Å². The number of fused-ring (bicyclic) bond motifs is 26. The van der Waals surface area contributed by atoms with E-state index in [4.69, 9.17) is 0 Å². The van der Waals surface area contributed by atoms with Crippen LogP contribution in [0.2, 0.25) is 0 Å². The van der Waals surface area contributed by atoms with Crippen molar-refractivity contribution < 1.29 is 0 Å². The molecule has 0 unspecified atom stereocenters. The van der Waals surface area contributed by atoms with Gasteiger partial charge in [0.2, 0.25) is 0 Å². The second-order valence-electron chi connectivity index (χ2n) is 24.2. The summed E-state index contributed by atoms with van der Waals surface area (Å²) in [4.78, 5) is 0. The average Bonchev–Trinajstić information content (AvgIpc) is 1.58. The summed E-state index contributed by atoms with van der Waals surface area (Å²) in [6, 6.07) is 96.4. The monoisotopic (exact) mass is 1290 g/mol. The van der Waals surface area contributed by atoms with E-state index in [0.29, 0.717) is 0 Å². The standard InChI is InChI=1S/C84H49Br3/c85-82-64-34-16-13-31-58(64)73-49-22-4-1-19-46(49)37-40-61(73)70(82)43-67-52-25-7-10-28-55(52)76-79(67)77-56-29-11-8-26-53(56)68(44-71-62-41-38-47-20-2-5-23-50(47)74(62)59-32-14-17-35-65(59)83(71)86)81(77)78-57-30-12-9-27-54(57)69(80(76)78)45-72-63-42-39-48-21-3-6-24-51(48)75(63)60-33-15-18-36-66(60)84(72)87/h1-42,67H,43-45H2/t67-/m1/s1. The minimum Gasteiger partial charge on any atom is -0.0619 e. The third-order valence-electron chi connectivity index (χ3n) is 20.1. The van der Waals surface area contributed by atoms with Gasteiger partial charge in [-0.1, -0.05) is 255 Å². The molecule has 0 radical (unpaired) electrons. The first-order chi connectivity index (χ1) is 43.0. The fourth-order valence-corrected chi connectivity index (χ4v) is 18.7. The van der Waals surface area contributed by atoms with E-state index in [2.05, 4.69) is 303 Å². The maximum atomic E-state index is 4.40. The van der Waals surface area contributed by atoms with Gasteiger partial charge in [-0.25, -0.2) is 0 Å². The number of halogens is 3. The van der Waals surface area contributed by atoms with Gasteiger partial charge >= 0.3 is 0 Å². The zero-order chi connectivity index (χ0) is 57.3. The van der Waals surface area contributed by atoms with E-state index in [1.165, 1.54) is 195 Å². The van der Waals surface area contributed by atoms with E-state index in [0.717, 1.165) is 28.2 Å². The summed E-state index contributed by atoms with van der Waals surface area (Å²) in [5, 5.41) is 28.4. The van der Waals surface area contributed by atoms with Crippen molar-refractivity contribution in [1.29, 1.82) is 0 Å². The second-order valence-corrected chi connectivity index (χ2v) is 26.6. The Hall–Kier alpha value is -8.96. The van der Waals surface area contributed by atoms with Crippen molar-refractivity contribution in [1.82, 2.24) is 0 Å². The van der Waals surface area contributed by atoms with Crippen molar-refractivity contribution in [2.75, 3.05) is 0 Å². The first kappa shape index (κ1) is 50.2. The lowest BCUT2D eigenvalue weighted by Gasteiger charge is -2.22. The molecule has 0 aliphatic heterocycles. The third-order valence-corrected chi connectivity index (χ3v) is 22.8. The maximum absolute atomic E-state index is 4.40. The molecule has 19 rings (SSSR count). The van der Waals surface area contributed by atoms with Crippen molar-refractivity contribution in [3.05, 3.63) is 328 Å². The van der Waals surface area contributed by atoms with Gasteiger partial charge in [0.15, 0.2) is 0 Å². The molecule has 0 saturated carbocycles. The molecule has 0 N–H and O–H groups in total. The van der Waals surface area contributed by atoms with Crippen molar-refractivity contribution in [3.63, 3.8) is 0 Å². The Morgan fingerprint density at radius 2 is 0.655 bits per heavy atom. The highest BCUT2D eigenvalue weighted by atomic mass is 79.9. The Balaban J connectivity index is 0.965. The van der Waals surface area contributed by atoms with Crippen LogP contribution in [-0.2, 0) is 19.3 Å². The van der Waals surface area contributed by atoms with Gasteiger partial charge in [-0.3, -0.25) is 0 Å². The van der Waals surface area contributed by atoms with Crippen LogP contribution in [0.3, 0.4) is 0 Å². The Bertz CT molecular complexity index is 6090.